The van der Waals surface area contributed by atoms with E-state index in [-0.39, 0.29) is 27.8 Å². The quantitative estimate of drug-likeness (QED) is 0.942. The Morgan fingerprint density at radius 2 is 2.19 bits per heavy atom. The van der Waals surface area contributed by atoms with Crippen LogP contribution in [0.25, 0.3) is 0 Å². The SMILES string of the molecule is Cc1ccc(Cl)c(C#N)c1Oc1c(C(C)F)nc[nH]c1=O. The van der Waals surface area contributed by atoms with Crippen LogP contribution in [-0.4, -0.2) is 9.97 Å². The van der Waals surface area contributed by atoms with Crippen molar-refractivity contribution in [1.29, 1.82) is 5.26 Å². The number of alkyl halides is 1. The Labute approximate surface area is 125 Å². The first-order valence-electron chi connectivity index (χ1n) is 6.04. The van der Waals surface area contributed by atoms with E-state index in [1.165, 1.54) is 6.92 Å². The highest BCUT2D eigenvalue weighted by atomic mass is 35.5. The molecule has 1 aromatic heterocycles. The summed E-state index contributed by atoms with van der Waals surface area (Å²) in [6.45, 7) is 2.93. The van der Waals surface area contributed by atoms with E-state index in [9.17, 15) is 9.18 Å². The zero-order chi connectivity index (χ0) is 15.6. The van der Waals surface area contributed by atoms with Gasteiger partial charge in [-0.2, -0.15) is 5.26 Å². The molecule has 0 radical (unpaired) electrons. The molecule has 0 fully saturated rings. The molecule has 21 heavy (non-hydrogen) atoms. The van der Waals surface area contributed by atoms with Crippen molar-refractivity contribution in [2.24, 2.45) is 0 Å². The Morgan fingerprint density at radius 1 is 1.48 bits per heavy atom. The number of nitrogens with one attached hydrogen (secondary N) is 1. The van der Waals surface area contributed by atoms with Crippen LogP contribution < -0.4 is 10.3 Å². The molecule has 1 unspecified atom stereocenters. The molecule has 108 valence electrons. The molecular formula is C14H11ClFN3O2. The lowest BCUT2D eigenvalue weighted by Gasteiger charge is -2.13. The van der Waals surface area contributed by atoms with Gasteiger partial charge in [0, 0.05) is 0 Å². The molecule has 0 saturated carbocycles. The van der Waals surface area contributed by atoms with E-state index < -0.39 is 11.7 Å². The smallest absolute Gasteiger partial charge is 0.294 e. The van der Waals surface area contributed by atoms with Crippen LogP contribution in [0, 0.1) is 18.3 Å². The first-order valence-corrected chi connectivity index (χ1v) is 6.42. The maximum absolute atomic E-state index is 13.6. The maximum Gasteiger partial charge on any atom is 0.294 e. The standard InChI is InChI=1S/C14H11ClFN3O2/c1-7-3-4-10(15)9(5-17)12(7)21-13-11(8(2)16)18-6-19-14(13)20/h3-4,6,8H,1-2H3,(H,18,19,20). The Morgan fingerprint density at radius 3 is 2.81 bits per heavy atom. The molecule has 0 spiro atoms. The molecule has 0 aliphatic carbocycles. The summed E-state index contributed by atoms with van der Waals surface area (Å²) in [4.78, 5) is 17.9. The van der Waals surface area contributed by atoms with E-state index in [0.717, 1.165) is 6.33 Å². The molecule has 2 aromatic rings. The Hall–Kier alpha value is -2.39. The molecule has 0 amide bonds. The van der Waals surface area contributed by atoms with Gasteiger partial charge in [-0.25, -0.2) is 9.37 Å². The van der Waals surface area contributed by atoms with E-state index in [1.54, 1.807) is 19.1 Å². The van der Waals surface area contributed by atoms with Crippen molar-refractivity contribution in [3.8, 4) is 17.6 Å². The summed E-state index contributed by atoms with van der Waals surface area (Å²) >= 11 is 5.93. The van der Waals surface area contributed by atoms with Gasteiger partial charge in [0.1, 0.15) is 29.2 Å². The van der Waals surface area contributed by atoms with Crippen LogP contribution in [0.4, 0.5) is 4.39 Å². The van der Waals surface area contributed by atoms with Crippen molar-refractivity contribution in [1.82, 2.24) is 9.97 Å². The summed E-state index contributed by atoms with van der Waals surface area (Å²) in [5, 5.41) is 9.35. The number of rotatable bonds is 3. The lowest BCUT2D eigenvalue weighted by Crippen LogP contribution is -2.14. The van der Waals surface area contributed by atoms with Gasteiger partial charge in [-0.15, -0.1) is 0 Å². The van der Waals surface area contributed by atoms with Gasteiger partial charge in [-0.1, -0.05) is 17.7 Å². The predicted octanol–water partition coefficient (Wildman–Crippen LogP) is 3.43. The van der Waals surface area contributed by atoms with Gasteiger partial charge in [0.2, 0.25) is 5.75 Å². The fourth-order valence-corrected chi connectivity index (χ4v) is 1.97. The van der Waals surface area contributed by atoms with Gasteiger partial charge in [0.05, 0.1) is 11.3 Å². The lowest BCUT2D eigenvalue weighted by molar-refractivity contribution is 0.346. The second kappa shape index (κ2) is 5.94. The number of hydrogen-bond donors (Lipinski definition) is 1. The molecule has 0 aliphatic heterocycles. The summed E-state index contributed by atoms with van der Waals surface area (Å²) in [7, 11) is 0. The van der Waals surface area contributed by atoms with Crippen LogP contribution in [0.5, 0.6) is 11.5 Å². The zero-order valence-electron chi connectivity index (χ0n) is 11.3. The predicted molar refractivity (Wildman–Crippen MR) is 75.4 cm³/mol. The lowest BCUT2D eigenvalue weighted by atomic mass is 10.1. The molecule has 5 nitrogen and oxygen atoms in total. The average molecular weight is 308 g/mol. The number of aromatic amines is 1. The highest BCUT2D eigenvalue weighted by Gasteiger charge is 2.20. The second-order valence-corrected chi connectivity index (χ2v) is 4.75. The Balaban J connectivity index is 2.62. The van der Waals surface area contributed by atoms with Gasteiger partial charge in [-0.05, 0) is 25.5 Å². The third-order valence-corrected chi connectivity index (χ3v) is 3.15. The molecule has 0 aliphatic rings. The van der Waals surface area contributed by atoms with Gasteiger partial charge in [-0.3, -0.25) is 4.79 Å². The largest absolute Gasteiger partial charge is 0.448 e. The van der Waals surface area contributed by atoms with E-state index in [2.05, 4.69) is 9.97 Å². The molecule has 0 bridgehead atoms. The minimum Gasteiger partial charge on any atom is -0.448 e. The topological polar surface area (TPSA) is 78.8 Å². The molecule has 1 N–H and O–H groups in total. The summed E-state index contributed by atoms with van der Waals surface area (Å²) in [6, 6.07) is 5.10. The Bertz CT molecular complexity index is 781. The fraction of sp³-hybridized carbons (Fsp3) is 0.214. The van der Waals surface area contributed by atoms with E-state index in [4.69, 9.17) is 21.6 Å². The van der Waals surface area contributed by atoms with Crippen molar-refractivity contribution in [3.05, 3.63) is 50.7 Å². The third-order valence-electron chi connectivity index (χ3n) is 2.83. The first kappa shape index (κ1) is 15.0. The minimum atomic E-state index is -1.49. The van der Waals surface area contributed by atoms with Gasteiger partial charge < -0.3 is 9.72 Å². The fourth-order valence-electron chi connectivity index (χ4n) is 1.78. The van der Waals surface area contributed by atoms with Crippen LogP contribution in [-0.2, 0) is 0 Å². The minimum absolute atomic E-state index is 0.0809. The zero-order valence-corrected chi connectivity index (χ0v) is 12.0. The number of nitrogens with zero attached hydrogens (tertiary/aromatic N) is 2. The van der Waals surface area contributed by atoms with Crippen LogP contribution in [0.3, 0.4) is 0 Å². The molecular weight excluding hydrogens is 297 g/mol. The van der Waals surface area contributed by atoms with Crippen molar-refractivity contribution >= 4 is 11.6 Å². The van der Waals surface area contributed by atoms with Crippen LogP contribution >= 0.6 is 11.6 Å². The number of benzene rings is 1. The van der Waals surface area contributed by atoms with Gasteiger partial charge >= 0.3 is 0 Å². The number of H-pyrrole nitrogens is 1. The molecule has 1 heterocycles. The van der Waals surface area contributed by atoms with Crippen molar-refractivity contribution in [3.63, 3.8) is 0 Å². The number of nitriles is 1. The normalized spacial score (nSPS) is 11.8. The number of ether oxygens (including phenoxy) is 1. The molecule has 7 heteroatoms. The molecule has 2 rings (SSSR count). The summed E-state index contributed by atoms with van der Waals surface area (Å²) in [6.07, 6.45) is -0.399. The summed E-state index contributed by atoms with van der Waals surface area (Å²) < 4.78 is 19.0. The first-order chi connectivity index (χ1) is 9.95. The van der Waals surface area contributed by atoms with Crippen LogP contribution in [0.1, 0.15) is 29.9 Å². The molecule has 0 saturated heterocycles. The van der Waals surface area contributed by atoms with E-state index in [0.29, 0.717) is 5.56 Å². The number of aryl methyl sites for hydroxylation is 1. The van der Waals surface area contributed by atoms with Crippen LogP contribution in [0.15, 0.2) is 23.3 Å². The molecule has 1 atom stereocenters. The van der Waals surface area contributed by atoms with Gasteiger partial charge in [0.25, 0.3) is 5.56 Å². The Kier molecular flexibility index (Phi) is 4.24. The summed E-state index contributed by atoms with van der Waals surface area (Å²) in [5.74, 6) is -0.167. The van der Waals surface area contributed by atoms with Crippen molar-refractivity contribution in [2.75, 3.05) is 0 Å². The van der Waals surface area contributed by atoms with Crippen LogP contribution in [0.2, 0.25) is 5.02 Å². The summed E-state index contributed by atoms with van der Waals surface area (Å²) in [5.41, 5.74) is -0.0937. The number of hydrogen-bond acceptors (Lipinski definition) is 4. The molecule has 1 aromatic carbocycles. The van der Waals surface area contributed by atoms with E-state index >= 15 is 0 Å². The van der Waals surface area contributed by atoms with Gasteiger partial charge in [0.15, 0.2) is 0 Å². The highest BCUT2D eigenvalue weighted by Crippen LogP contribution is 2.34. The number of aromatic nitrogens is 2. The third kappa shape index (κ3) is 2.88. The average Bonchev–Trinajstić information content (AvgIpc) is 2.44. The highest BCUT2D eigenvalue weighted by molar-refractivity contribution is 6.32. The maximum atomic E-state index is 13.6. The number of halogens is 2. The monoisotopic (exact) mass is 307 g/mol. The van der Waals surface area contributed by atoms with Crippen molar-refractivity contribution < 1.29 is 9.13 Å². The van der Waals surface area contributed by atoms with E-state index in [1.807, 2.05) is 6.07 Å². The van der Waals surface area contributed by atoms with Crippen molar-refractivity contribution in [2.45, 2.75) is 20.0 Å². The second-order valence-electron chi connectivity index (χ2n) is 4.34.